The van der Waals surface area contributed by atoms with Gasteiger partial charge in [-0.3, -0.25) is 0 Å². The van der Waals surface area contributed by atoms with Crippen molar-refractivity contribution >= 4 is 0 Å². The maximum atomic E-state index is 11.2. The molecule has 0 amide bonds. The Kier molecular flexibility index (Phi) is 47.0. The van der Waals surface area contributed by atoms with Crippen LogP contribution in [0.1, 0.15) is 297 Å². The Morgan fingerprint density at radius 3 is 0.808 bits per heavy atom. The zero-order chi connectivity index (χ0) is 37.7. The van der Waals surface area contributed by atoms with Crippen molar-refractivity contribution in [3.63, 3.8) is 0 Å². The largest absolute Gasteiger partial charge is 0.393 e. The molecule has 0 spiro atoms. The van der Waals surface area contributed by atoms with E-state index in [1.165, 1.54) is 263 Å². The van der Waals surface area contributed by atoms with Gasteiger partial charge in [0.15, 0.2) is 0 Å². The van der Waals surface area contributed by atoms with Crippen LogP contribution in [0, 0.1) is 5.92 Å². The summed E-state index contributed by atoms with van der Waals surface area (Å²) in [5, 5.41) is 11.2. The van der Waals surface area contributed by atoms with Crippen molar-refractivity contribution in [3.05, 3.63) is 0 Å². The third kappa shape index (κ3) is 42.7. The molecule has 0 saturated carbocycles. The van der Waals surface area contributed by atoms with E-state index in [0.717, 1.165) is 26.1 Å². The second-order valence-electron chi connectivity index (χ2n) is 17.4. The lowest BCUT2D eigenvalue weighted by Gasteiger charge is -2.23. The molecule has 52 heavy (non-hydrogen) atoms. The first kappa shape index (κ1) is 51.9. The Morgan fingerprint density at radius 1 is 0.288 bits per heavy atom. The average Bonchev–Trinajstić information content (AvgIpc) is 3.15. The van der Waals surface area contributed by atoms with Crippen molar-refractivity contribution < 1.29 is 9.84 Å². The van der Waals surface area contributed by atoms with Crippen molar-refractivity contribution in [2.75, 3.05) is 13.2 Å². The molecule has 0 aliphatic carbocycles. The Morgan fingerprint density at radius 2 is 0.519 bits per heavy atom. The molecule has 0 fully saturated rings. The number of hydrogen-bond acceptors (Lipinski definition) is 2. The Balaban J connectivity index is 4.06. The molecule has 0 aromatic heterocycles. The number of unbranched alkanes of at least 4 members (excludes halogenated alkanes) is 38. The second-order valence-corrected chi connectivity index (χ2v) is 17.4. The van der Waals surface area contributed by atoms with E-state index in [0.29, 0.717) is 5.92 Å². The van der Waals surface area contributed by atoms with Gasteiger partial charge in [-0.05, 0) is 19.3 Å². The van der Waals surface area contributed by atoms with E-state index in [4.69, 9.17) is 4.74 Å². The first-order valence-electron chi connectivity index (χ1n) is 25.0. The molecule has 1 N–H and O–H groups in total. The summed E-state index contributed by atoms with van der Waals surface area (Å²) < 4.78 is 6.25. The lowest BCUT2D eigenvalue weighted by Crippen LogP contribution is -2.25. The van der Waals surface area contributed by atoms with Gasteiger partial charge >= 0.3 is 0 Å². The van der Waals surface area contributed by atoms with Gasteiger partial charge < -0.3 is 9.84 Å². The average molecular weight is 735 g/mol. The van der Waals surface area contributed by atoms with Gasteiger partial charge in [-0.2, -0.15) is 0 Å². The molecule has 314 valence electrons. The normalized spacial score (nSPS) is 12.9. The van der Waals surface area contributed by atoms with Crippen LogP contribution in [0.15, 0.2) is 0 Å². The molecule has 2 atom stereocenters. The van der Waals surface area contributed by atoms with Gasteiger partial charge in [-0.1, -0.05) is 278 Å². The van der Waals surface area contributed by atoms with Crippen molar-refractivity contribution in [3.8, 4) is 0 Å². The lowest BCUT2D eigenvalue weighted by atomic mass is 9.92. The third-order valence-corrected chi connectivity index (χ3v) is 12.1. The monoisotopic (exact) mass is 735 g/mol. The minimum atomic E-state index is -0.175. The van der Waals surface area contributed by atoms with E-state index >= 15 is 0 Å². The summed E-state index contributed by atoms with van der Waals surface area (Å²) in [6.07, 6.45) is 59.3. The molecule has 0 aromatic rings. The van der Waals surface area contributed by atoms with Gasteiger partial charge in [-0.25, -0.2) is 0 Å². The summed E-state index contributed by atoms with van der Waals surface area (Å²) in [5.74, 6) is 0.335. The topological polar surface area (TPSA) is 29.5 Å². The highest BCUT2D eigenvalue weighted by atomic mass is 16.5. The molecule has 0 radical (unpaired) electrons. The summed E-state index contributed by atoms with van der Waals surface area (Å²) >= 11 is 0. The van der Waals surface area contributed by atoms with Crippen LogP contribution in [0.3, 0.4) is 0 Å². The zero-order valence-corrected chi connectivity index (χ0v) is 36.8. The van der Waals surface area contributed by atoms with Gasteiger partial charge in [0, 0.05) is 12.5 Å². The number of rotatable bonds is 47. The summed E-state index contributed by atoms with van der Waals surface area (Å²) in [6, 6.07) is 0. The van der Waals surface area contributed by atoms with Crippen molar-refractivity contribution in [2.45, 2.75) is 303 Å². The highest BCUT2D eigenvalue weighted by Gasteiger charge is 2.19. The summed E-state index contributed by atoms with van der Waals surface area (Å²) in [4.78, 5) is 0. The lowest BCUT2D eigenvalue weighted by molar-refractivity contribution is 0.0167. The van der Waals surface area contributed by atoms with Crippen LogP contribution in [0.25, 0.3) is 0 Å². The summed E-state index contributed by atoms with van der Waals surface area (Å²) in [7, 11) is 0. The Labute approximate surface area is 331 Å². The molecule has 0 aromatic carbocycles. The fourth-order valence-electron chi connectivity index (χ4n) is 8.23. The zero-order valence-electron chi connectivity index (χ0n) is 36.8. The van der Waals surface area contributed by atoms with Crippen molar-refractivity contribution in [1.29, 1.82) is 0 Å². The molecule has 0 aliphatic rings. The molecule has 0 saturated heterocycles. The quantitative estimate of drug-likeness (QED) is 0.0631. The van der Waals surface area contributed by atoms with Gasteiger partial charge in [0.2, 0.25) is 0 Å². The molecular weight excluding hydrogens is 633 g/mol. The van der Waals surface area contributed by atoms with Crippen molar-refractivity contribution in [1.82, 2.24) is 0 Å². The predicted octanol–water partition coefficient (Wildman–Crippen LogP) is 17.8. The second kappa shape index (κ2) is 47.1. The number of aliphatic hydroxyl groups excluding tert-OH is 1. The third-order valence-electron chi connectivity index (χ3n) is 12.1. The molecule has 2 nitrogen and oxygen atoms in total. The Bertz CT molecular complexity index is 605. The minimum Gasteiger partial charge on any atom is -0.393 e. The molecule has 0 heterocycles. The van der Waals surface area contributed by atoms with Crippen LogP contribution in [0.2, 0.25) is 0 Å². The van der Waals surface area contributed by atoms with E-state index in [9.17, 15) is 5.11 Å². The summed E-state index contributed by atoms with van der Waals surface area (Å²) in [5.41, 5.74) is 0. The van der Waals surface area contributed by atoms with Crippen LogP contribution < -0.4 is 0 Å². The summed E-state index contributed by atoms with van der Waals surface area (Å²) in [6.45, 7) is 8.57. The van der Waals surface area contributed by atoms with Crippen LogP contribution in [-0.2, 0) is 4.74 Å². The fourth-order valence-corrected chi connectivity index (χ4v) is 8.23. The highest BCUT2D eigenvalue weighted by Crippen LogP contribution is 2.22. The fraction of sp³-hybridized carbons (Fsp3) is 1.00. The first-order valence-corrected chi connectivity index (χ1v) is 25.0. The maximum Gasteiger partial charge on any atom is 0.0590 e. The molecule has 2 unspecified atom stereocenters. The van der Waals surface area contributed by atoms with Crippen LogP contribution in [0.5, 0.6) is 0 Å². The van der Waals surface area contributed by atoms with Gasteiger partial charge in [0.25, 0.3) is 0 Å². The van der Waals surface area contributed by atoms with Gasteiger partial charge in [0.05, 0.1) is 12.7 Å². The number of hydrogen-bond donors (Lipinski definition) is 1. The maximum absolute atomic E-state index is 11.2. The van der Waals surface area contributed by atoms with E-state index in [1.807, 2.05) is 0 Å². The van der Waals surface area contributed by atoms with Gasteiger partial charge in [0.1, 0.15) is 0 Å². The van der Waals surface area contributed by atoms with E-state index in [-0.39, 0.29) is 6.10 Å². The molecule has 0 aliphatic heterocycles. The molecule has 2 heteroatoms. The molecule has 0 rings (SSSR count). The Hall–Kier alpha value is -0.0800. The SMILES string of the molecule is CCCCCCCCCCCCCCCCOCC(CCCCCCCCCCCCCCCC)C(O)CCCCCCCCCCCCCCC. The van der Waals surface area contributed by atoms with Crippen LogP contribution in [0.4, 0.5) is 0 Å². The molecule has 0 bridgehead atoms. The smallest absolute Gasteiger partial charge is 0.0590 e. The number of ether oxygens (including phenoxy) is 1. The van der Waals surface area contributed by atoms with E-state index < -0.39 is 0 Å². The standard InChI is InChI=1S/C50H102O2/c1-4-7-10-13-16-19-22-25-28-30-33-36-39-42-45-49(50(51)46-43-40-37-34-31-27-24-21-18-15-12-9-6-3)48-52-47-44-41-38-35-32-29-26-23-20-17-14-11-8-5-2/h49-51H,4-48H2,1-3H3. The predicted molar refractivity (Wildman–Crippen MR) is 236 cm³/mol. The van der Waals surface area contributed by atoms with Crippen LogP contribution in [-0.4, -0.2) is 24.4 Å². The van der Waals surface area contributed by atoms with E-state index in [1.54, 1.807) is 0 Å². The van der Waals surface area contributed by atoms with Crippen LogP contribution >= 0.6 is 0 Å². The molecular formula is C50H102O2. The minimum absolute atomic E-state index is 0.175. The van der Waals surface area contributed by atoms with Gasteiger partial charge in [-0.15, -0.1) is 0 Å². The highest BCUT2D eigenvalue weighted by molar-refractivity contribution is 4.70. The number of aliphatic hydroxyl groups is 1. The first-order chi connectivity index (χ1) is 25.8. The van der Waals surface area contributed by atoms with E-state index in [2.05, 4.69) is 20.8 Å². The van der Waals surface area contributed by atoms with Crippen molar-refractivity contribution in [2.24, 2.45) is 5.92 Å².